The molecule has 0 aliphatic carbocycles. The lowest BCUT2D eigenvalue weighted by molar-refractivity contribution is 1.35. The zero-order valence-corrected chi connectivity index (χ0v) is 12.6. The summed E-state index contributed by atoms with van der Waals surface area (Å²) in [5.74, 6) is 0. The summed E-state index contributed by atoms with van der Waals surface area (Å²) in [5.41, 5.74) is 4.80. The van der Waals surface area contributed by atoms with Crippen molar-refractivity contribution in [1.29, 1.82) is 0 Å². The summed E-state index contributed by atoms with van der Waals surface area (Å²) in [5, 5.41) is 7.64. The van der Waals surface area contributed by atoms with Gasteiger partial charge in [0.25, 0.3) is 0 Å². The lowest BCUT2D eigenvalue weighted by Gasteiger charge is -2.03. The number of rotatable bonds is 3. The number of anilines is 1. The quantitative estimate of drug-likeness (QED) is 0.494. The molecule has 0 bridgehead atoms. The maximum Gasteiger partial charge on any atom is 0.0613 e. The molecule has 3 rings (SSSR count). The van der Waals surface area contributed by atoms with Crippen LogP contribution in [-0.4, -0.2) is 6.21 Å². The van der Waals surface area contributed by atoms with Crippen LogP contribution in [0.3, 0.4) is 0 Å². The van der Waals surface area contributed by atoms with E-state index in [4.69, 9.17) is 23.2 Å². The molecular weight excluding hydrogens is 303 g/mol. The minimum atomic E-state index is 0.502. The van der Waals surface area contributed by atoms with Crippen LogP contribution in [0.25, 0.3) is 10.8 Å². The van der Waals surface area contributed by atoms with E-state index in [1.54, 1.807) is 18.3 Å². The highest BCUT2D eigenvalue weighted by atomic mass is 35.5. The molecule has 21 heavy (non-hydrogen) atoms. The van der Waals surface area contributed by atoms with Crippen LogP contribution in [0.1, 0.15) is 5.56 Å². The molecule has 0 amide bonds. The van der Waals surface area contributed by atoms with E-state index in [1.165, 1.54) is 10.8 Å². The summed E-state index contributed by atoms with van der Waals surface area (Å²) >= 11 is 11.8. The molecule has 0 radical (unpaired) electrons. The van der Waals surface area contributed by atoms with Crippen molar-refractivity contribution < 1.29 is 0 Å². The van der Waals surface area contributed by atoms with Crippen molar-refractivity contribution in [1.82, 2.24) is 0 Å². The topological polar surface area (TPSA) is 24.4 Å². The van der Waals surface area contributed by atoms with E-state index in [9.17, 15) is 0 Å². The molecule has 0 aromatic heterocycles. The van der Waals surface area contributed by atoms with Crippen molar-refractivity contribution in [2.24, 2.45) is 5.10 Å². The predicted octanol–water partition coefficient (Wildman–Crippen LogP) is 5.59. The Labute approximate surface area is 133 Å². The van der Waals surface area contributed by atoms with Crippen molar-refractivity contribution in [3.8, 4) is 0 Å². The van der Waals surface area contributed by atoms with Gasteiger partial charge in [-0.1, -0.05) is 65.7 Å². The van der Waals surface area contributed by atoms with Gasteiger partial charge in [0.2, 0.25) is 0 Å². The van der Waals surface area contributed by atoms with Gasteiger partial charge in [-0.05, 0) is 29.0 Å². The molecule has 4 heteroatoms. The van der Waals surface area contributed by atoms with E-state index in [0.717, 1.165) is 11.3 Å². The number of hydrogen-bond acceptors (Lipinski definition) is 2. The van der Waals surface area contributed by atoms with Gasteiger partial charge in [0.1, 0.15) is 0 Å². The molecule has 0 atom stereocenters. The second-order valence-corrected chi connectivity index (χ2v) is 5.38. The fourth-order valence-corrected chi connectivity index (χ4v) is 2.40. The third-order valence-corrected chi connectivity index (χ3v) is 3.88. The van der Waals surface area contributed by atoms with Gasteiger partial charge in [-0.2, -0.15) is 5.10 Å². The molecule has 0 saturated carbocycles. The second-order valence-electron chi connectivity index (χ2n) is 4.57. The number of hydrogen-bond donors (Lipinski definition) is 1. The Balaban J connectivity index is 1.83. The zero-order valence-electron chi connectivity index (χ0n) is 11.1. The van der Waals surface area contributed by atoms with Gasteiger partial charge in [-0.25, -0.2) is 0 Å². The SMILES string of the molecule is Clc1ccc(N/N=C\c2cccc3ccccc23)cc1Cl. The van der Waals surface area contributed by atoms with Crippen LogP contribution in [0.2, 0.25) is 10.0 Å². The molecule has 3 aromatic rings. The first-order chi connectivity index (χ1) is 10.2. The average Bonchev–Trinajstić information content (AvgIpc) is 2.51. The highest BCUT2D eigenvalue weighted by molar-refractivity contribution is 6.42. The van der Waals surface area contributed by atoms with Crippen LogP contribution < -0.4 is 5.43 Å². The molecule has 0 spiro atoms. The van der Waals surface area contributed by atoms with Gasteiger partial charge in [0, 0.05) is 5.56 Å². The minimum absolute atomic E-state index is 0.502. The number of benzene rings is 3. The van der Waals surface area contributed by atoms with E-state index < -0.39 is 0 Å². The van der Waals surface area contributed by atoms with Gasteiger partial charge in [-0.15, -0.1) is 0 Å². The molecule has 2 nitrogen and oxygen atoms in total. The second kappa shape index (κ2) is 6.17. The van der Waals surface area contributed by atoms with Crippen LogP contribution in [0.15, 0.2) is 65.8 Å². The molecule has 1 N–H and O–H groups in total. The third-order valence-electron chi connectivity index (χ3n) is 3.14. The van der Waals surface area contributed by atoms with Gasteiger partial charge < -0.3 is 0 Å². The normalized spacial score (nSPS) is 11.1. The first-order valence-corrected chi connectivity index (χ1v) is 7.21. The van der Waals surface area contributed by atoms with Crippen LogP contribution in [0.5, 0.6) is 0 Å². The molecule has 0 heterocycles. The third kappa shape index (κ3) is 3.18. The van der Waals surface area contributed by atoms with Gasteiger partial charge >= 0.3 is 0 Å². The Hall–Kier alpha value is -2.03. The lowest BCUT2D eigenvalue weighted by atomic mass is 10.1. The van der Waals surface area contributed by atoms with Gasteiger partial charge in [0.15, 0.2) is 0 Å². The van der Waals surface area contributed by atoms with Crippen LogP contribution >= 0.6 is 23.2 Å². The Bertz CT molecular complexity index is 807. The summed E-state index contributed by atoms with van der Waals surface area (Å²) in [6, 6.07) is 19.6. The van der Waals surface area contributed by atoms with E-state index in [0.29, 0.717) is 10.0 Å². The Kier molecular flexibility index (Phi) is 4.09. The molecule has 104 valence electrons. The molecule has 3 aromatic carbocycles. The first kappa shape index (κ1) is 13.9. The number of hydrazone groups is 1. The van der Waals surface area contributed by atoms with E-state index in [1.807, 2.05) is 30.3 Å². The highest BCUT2D eigenvalue weighted by Gasteiger charge is 1.99. The lowest BCUT2D eigenvalue weighted by Crippen LogP contribution is -1.91. The summed E-state index contributed by atoms with van der Waals surface area (Å²) in [6.07, 6.45) is 1.80. The van der Waals surface area contributed by atoms with Crippen molar-refractivity contribution in [3.05, 3.63) is 76.3 Å². The standard InChI is InChI=1S/C17H12Cl2N2/c18-16-9-8-14(10-17(16)19)21-20-11-13-6-3-5-12-4-1-2-7-15(12)13/h1-11,21H/b20-11-. The molecule has 0 unspecified atom stereocenters. The molecular formula is C17H12Cl2N2. The maximum absolute atomic E-state index is 5.96. The van der Waals surface area contributed by atoms with E-state index in [-0.39, 0.29) is 0 Å². The van der Waals surface area contributed by atoms with Crippen molar-refractivity contribution in [2.75, 3.05) is 5.43 Å². The largest absolute Gasteiger partial charge is 0.278 e. The van der Waals surface area contributed by atoms with Gasteiger partial charge in [-0.3, -0.25) is 5.43 Å². The van der Waals surface area contributed by atoms with E-state index >= 15 is 0 Å². The smallest absolute Gasteiger partial charge is 0.0613 e. The van der Waals surface area contributed by atoms with Crippen LogP contribution in [0.4, 0.5) is 5.69 Å². The molecule has 0 aliphatic rings. The van der Waals surface area contributed by atoms with E-state index in [2.05, 4.69) is 28.7 Å². The predicted molar refractivity (Wildman–Crippen MR) is 91.6 cm³/mol. The summed E-state index contributed by atoms with van der Waals surface area (Å²) < 4.78 is 0. The van der Waals surface area contributed by atoms with Crippen molar-refractivity contribution in [3.63, 3.8) is 0 Å². The fourth-order valence-electron chi connectivity index (χ4n) is 2.11. The maximum atomic E-state index is 5.96. The summed E-state index contributed by atoms with van der Waals surface area (Å²) in [6.45, 7) is 0. The molecule has 0 fully saturated rings. The van der Waals surface area contributed by atoms with Crippen LogP contribution in [0, 0.1) is 0 Å². The Morgan fingerprint density at radius 1 is 0.857 bits per heavy atom. The number of nitrogens with zero attached hydrogens (tertiary/aromatic N) is 1. The molecule has 0 aliphatic heterocycles. The van der Waals surface area contributed by atoms with Crippen molar-refractivity contribution in [2.45, 2.75) is 0 Å². The number of nitrogens with one attached hydrogen (secondary N) is 1. The zero-order chi connectivity index (χ0) is 14.7. The van der Waals surface area contributed by atoms with Crippen LogP contribution in [-0.2, 0) is 0 Å². The number of halogens is 2. The number of fused-ring (bicyclic) bond motifs is 1. The Morgan fingerprint density at radius 3 is 2.52 bits per heavy atom. The summed E-state index contributed by atoms with van der Waals surface area (Å²) in [4.78, 5) is 0. The average molecular weight is 315 g/mol. The summed E-state index contributed by atoms with van der Waals surface area (Å²) in [7, 11) is 0. The highest BCUT2D eigenvalue weighted by Crippen LogP contribution is 2.25. The molecule has 0 saturated heterocycles. The monoisotopic (exact) mass is 314 g/mol. The Morgan fingerprint density at radius 2 is 1.67 bits per heavy atom. The fraction of sp³-hybridized carbons (Fsp3) is 0. The van der Waals surface area contributed by atoms with Crippen molar-refractivity contribution >= 4 is 45.9 Å². The first-order valence-electron chi connectivity index (χ1n) is 6.46. The minimum Gasteiger partial charge on any atom is -0.278 e. The van der Waals surface area contributed by atoms with Gasteiger partial charge in [0.05, 0.1) is 21.9 Å².